The molecular formula is C10H19F3N2O. The summed E-state index contributed by atoms with van der Waals surface area (Å²) in [6.45, 7) is 1.77. The lowest BCUT2D eigenvalue weighted by Crippen LogP contribution is -2.47. The summed E-state index contributed by atoms with van der Waals surface area (Å²) in [5.74, 6) is 0. The lowest BCUT2D eigenvalue weighted by molar-refractivity contribution is -0.148. The predicted octanol–water partition coefficient (Wildman–Crippen LogP) is 0.984. The van der Waals surface area contributed by atoms with Crippen molar-refractivity contribution in [1.82, 2.24) is 10.2 Å². The summed E-state index contributed by atoms with van der Waals surface area (Å²) in [5.41, 5.74) is 0. The molecular weight excluding hydrogens is 221 g/mol. The fourth-order valence-corrected chi connectivity index (χ4v) is 1.77. The first-order valence-electron chi connectivity index (χ1n) is 5.61. The molecule has 0 heterocycles. The molecule has 0 saturated heterocycles. The number of hydrogen-bond acceptors (Lipinski definition) is 3. The van der Waals surface area contributed by atoms with Crippen LogP contribution in [0.25, 0.3) is 0 Å². The molecule has 0 spiro atoms. The van der Waals surface area contributed by atoms with E-state index in [1.807, 2.05) is 6.92 Å². The summed E-state index contributed by atoms with van der Waals surface area (Å²) >= 11 is 0. The third-order valence-corrected chi connectivity index (χ3v) is 2.61. The van der Waals surface area contributed by atoms with Crippen molar-refractivity contribution in [2.24, 2.45) is 0 Å². The maximum atomic E-state index is 12.3. The number of nitrogens with zero attached hydrogens (tertiary/aromatic N) is 1. The zero-order valence-corrected chi connectivity index (χ0v) is 9.43. The molecule has 16 heavy (non-hydrogen) atoms. The number of aliphatic hydroxyl groups is 1. The summed E-state index contributed by atoms with van der Waals surface area (Å²) < 4.78 is 36.9. The SMILES string of the molecule is CCNC(CO)CN(CC(F)(F)F)C1CC1. The molecule has 2 N–H and O–H groups in total. The van der Waals surface area contributed by atoms with Gasteiger partial charge in [0.2, 0.25) is 0 Å². The molecule has 1 aliphatic rings. The summed E-state index contributed by atoms with van der Waals surface area (Å²) in [5, 5.41) is 12.0. The highest BCUT2D eigenvalue weighted by molar-refractivity contribution is 4.88. The largest absolute Gasteiger partial charge is 0.401 e. The maximum Gasteiger partial charge on any atom is 0.401 e. The second kappa shape index (κ2) is 5.84. The van der Waals surface area contributed by atoms with Gasteiger partial charge in [0.25, 0.3) is 0 Å². The highest BCUT2D eigenvalue weighted by Crippen LogP contribution is 2.30. The lowest BCUT2D eigenvalue weighted by atomic mass is 10.2. The van der Waals surface area contributed by atoms with Gasteiger partial charge in [-0.15, -0.1) is 0 Å². The van der Waals surface area contributed by atoms with Gasteiger partial charge in [0.05, 0.1) is 13.2 Å². The van der Waals surface area contributed by atoms with E-state index >= 15 is 0 Å². The van der Waals surface area contributed by atoms with Gasteiger partial charge in [-0.2, -0.15) is 13.2 Å². The quantitative estimate of drug-likeness (QED) is 0.696. The topological polar surface area (TPSA) is 35.5 Å². The van der Waals surface area contributed by atoms with Crippen LogP contribution >= 0.6 is 0 Å². The molecule has 6 heteroatoms. The maximum absolute atomic E-state index is 12.3. The van der Waals surface area contributed by atoms with Gasteiger partial charge in [0.15, 0.2) is 0 Å². The molecule has 1 saturated carbocycles. The van der Waals surface area contributed by atoms with E-state index in [2.05, 4.69) is 5.32 Å². The van der Waals surface area contributed by atoms with Crippen molar-refractivity contribution in [2.45, 2.75) is 38.0 Å². The average molecular weight is 240 g/mol. The molecule has 1 atom stereocenters. The minimum Gasteiger partial charge on any atom is -0.395 e. The normalized spacial score (nSPS) is 19.1. The van der Waals surface area contributed by atoms with Crippen LogP contribution in [0.3, 0.4) is 0 Å². The molecule has 0 aromatic heterocycles. The first-order chi connectivity index (χ1) is 7.46. The van der Waals surface area contributed by atoms with Crippen molar-refractivity contribution in [3.8, 4) is 0 Å². The number of alkyl halides is 3. The van der Waals surface area contributed by atoms with Gasteiger partial charge in [-0.05, 0) is 19.4 Å². The number of nitrogens with one attached hydrogen (secondary N) is 1. The monoisotopic (exact) mass is 240 g/mol. The Morgan fingerprint density at radius 3 is 2.44 bits per heavy atom. The van der Waals surface area contributed by atoms with Gasteiger partial charge in [0.1, 0.15) is 0 Å². The molecule has 0 aliphatic heterocycles. The summed E-state index contributed by atoms with van der Waals surface area (Å²) in [6, 6.07) is -0.220. The fourth-order valence-electron chi connectivity index (χ4n) is 1.77. The Kier molecular flexibility index (Phi) is 5.01. The summed E-state index contributed by atoms with van der Waals surface area (Å²) in [7, 11) is 0. The van der Waals surface area contributed by atoms with E-state index in [4.69, 9.17) is 5.11 Å². The van der Waals surface area contributed by atoms with Crippen LogP contribution in [0.1, 0.15) is 19.8 Å². The van der Waals surface area contributed by atoms with E-state index in [-0.39, 0.29) is 25.2 Å². The van der Waals surface area contributed by atoms with Crippen molar-refractivity contribution in [2.75, 3.05) is 26.2 Å². The Balaban J connectivity index is 2.43. The van der Waals surface area contributed by atoms with E-state index in [1.165, 1.54) is 4.90 Å². The van der Waals surface area contributed by atoms with Crippen molar-refractivity contribution in [3.63, 3.8) is 0 Å². The van der Waals surface area contributed by atoms with Gasteiger partial charge in [-0.25, -0.2) is 0 Å². The van der Waals surface area contributed by atoms with Gasteiger partial charge in [0, 0.05) is 18.6 Å². The fraction of sp³-hybridized carbons (Fsp3) is 1.00. The Morgan fingerprint density at radius 2 is 2.06 bits per heavy atom. The zero-order valence-electron chi connectivity index (χ0n) is 9.43. The van der Waals surface area contributed by atoms with Crippen LogP contribution in [0, 0.1) is 0 Å². The minimum atomic E-state index is -4.16. The standard InChI is InChI=1S/C10H19F3N2O/c1-2-14-8(6-16)5-15(9-3-4-9)7-10(11,12)13/h8-9,14,16H,2-7H2,1H3. The van der Waals surface area contributed by atoms with Crippen molar-refractivity contribution in [1.29, 1.82) is 0 Å². The first kappa shape index (κ1) is 13.7. The Morgan fingerprint density at radius 1 is 1.44 bits per heavy atom. The number of hydrogen-bond donors (Lipinski definition) is 2. The molecule has 3 nitrogen and oxygen atoms in total. The van der Waals surface area contributed by atoms with Crippen molar-refractivity contribution in [3.05, 3.63) is 0 Å². The van der Waals surface area contributed by atoms with Crippen molar-refractivity contribution >= 4 is 0 Å². The Labute approximate surface area is 93.6 Å². The molecule has 0 aromatic rings. The second-order valence-corrected chi connectivity index (χ2v) is 4.21. The Bertz CT molecular complexity index is 207. The Hall–Kier alpha value is -0.330. The minimum absolute atomic E-state index is 0.0503. The summed E-state index contributed by atoms with van der Waals surface area (Å²) in [6.07, 6.45) is -2.49. The van der Waals surface area contributed by atoms with Gasteiger partial charge < -0.3 is 10.4 Å². The highest BCUT2D eigenvalue weighted by atomic mass is 19.4. The molecule has 0 bridgehead atoms. The highest BCUT2D eigenvalue weighted by Gasteiger charge is 2.38. The van der Waals surface area contributed by atoms with Crippen LogP contribution in [-0.4, -0.2) is 54.5 Å². The number of rotatable bonds is 7. The number of likely N-dealkylation sites (N-methyl/N-ethyl adjacent to an activating group) is 1. The second-order valence-electron chi connectivity index (χ2n) is 4.21. The zero-order chi connectivity index (χ0) is 12.2. The molecule has 1 rings (SSSR count). The van der Waals surface area contributed by atoms with Gasteiger partial charge >= 0.3 is 6.18 Å². The van der Waals surface area contributed by atoms with E-state index in [9.17, 15) is 13.2 Å². The smallest absolute Gasteiger partial charge is 0.395 e. The van der Waals surface area contributed by atoms with Crippen molar-refractivity contribution < 1.29 is 18.3 Å². The van der Waals surface area contributed by atoms with Gasteiger partial charge in [-0.3, -0.25) is 4.90 Å². The average Bonchev–Trinajstić information content (AvgIpc) is 2.96. The van der Waals surface area contributed by atoms with Crippen LogP contribution in [0.2, 0.25) is 0 Å². The van der Waals surface area contributed by atoms with Crippen LogP contribution < -0.4 is 5.32 Å². The third kappa shape index (κ3) is 5.14. The van der Waals surface area contributed by atoms with E-state index in [1.54, 1.807) is 0 Å². The van der Waals surface area contributed by atoms with Crippen LogP contribution in [0.4, 0.5) is 13.2 Å². The van der Waals surface area contributed by atoms with Crippen LogP contribution in [0.15, 0.2) is 0 Å². The summed E-state index contributed by atoms with van der Waals surface area (Å²) in [4.78, 5) is 1.42. The molecule has 96 valence electrons. The molecule has 1 unspecified atom stereocenters. The van der Waals surface area contributed by atoms with Crippen LogP contribution in [-0.2, 0) is 0 Å². The number of halogens is 3. The first-order valence-corrected chi connectivity index (χ1v) is 5.61. The van der Waals surface area contributed by atoms with Gasteiger partial charge in [-0.1, -0.05) is 6.92 Å². The van der Waals surface area contributed by atoms with E-state index < -0.39 is 12.7 Å². The van der Waals surface area contributed by atoms with Crippen LogP contribution in [0.5, 0.6) is 0 Å². The molecule has 0 aromatic carbocycles. The lowest BCUT2D eigenvalue weighted by Gasteiger charge is -2.27. The number of aliphatic hydroxyl groups excluding tert-OH is 1. The molecule has 0 amide bonds. The predicted molar refractivity (Wildman–Crippen MR) is 55.2 cm³/mol. The molecule has 0 radical (unpaired) electrons. The molecule has 1 fully saturated rings. The van der Waals surface area contributed by atoms with E-state index in [0.717, 1.165) is 12.8 Å². The molecule has 1 aliphatic carbocycles. The van der Waals surface area contributed by atoms with E-state index in [0.29, 0.717) is 6.54 Å². The third-order valence-electron chi connectivity index (χ3n) is 2.61.